The molecule has 1 aliphatic heterocycles. The molecule has 0 aromatic carbocycles. The number of aryl methyl sites for hydroxylation is 1. The molecule has 4 aromatic rings. The van der Waals surface area contributed by atoms with Crippen molar-refractivity contribution in [1.82, 2.24) is 38.9 Å². The number of ether oxygens (including phenoxy) is 2. The van der Waals surface area contributed by atoms with Gasteiger partial charge in [-0.25, -0.2) is 18.4 Å². The van der Waals surface area contributed by atoms with Crippen LogP contribution in [0.1, 0.15) is 38.6 Å². The Morgan fingerprint density at radius 2 is 1.84 bits per heavy atom. The van der Waals surface area contributed by atoms with Crippen LogP contribution in [0.25, 0.3) is 22.4 Å². The molecule has 1 saturated heterocycles. The number of sulfonamides is 1. The summed E-state index contributed by atoms with van der Waals surface area (Å²) in [6, 6.07) is 7.12. The third-order valence-corrected chi connectivity index (χ3v) is 9.26. The fourth-order valence-corrected chi connectivity index (χ4v) is 6.48. The second-order valence-corrected chi connectivity index (χ2v) is 12.1. The van der Waals surface area contributed by atoms with Gasteiger partial charge in [0.05, 0.1) is 36.3 Å². The Balaban J connectivity index is 1.58. The summed E-state index contributed by atoms with van der Waals surface area (Å²) in [5, 5.41) is 4.58. The smallest absolute Gasteiger partial charge is 0.279 e. The third kappa shape index (κ3) is 6.77. The second kappa shape index (κ2) is 13.7. The van der Waals surface area contributed by atoms with Gasteiger partial charge >= 0.3 is 0 Å². The molecular weight excluding hydrogens is 572 g/mol. The van der Waals surface area contributed by atoms with E-state index in [2.05, 4.69) is 31.9 Å². The van der Waals surface area contributed by atoms with E-state index >= 15 is 0 Å². The van der Waals surface area contributed by atoms with Gasteiger partial charge in [0.1, 0.15) is 22.8 Å². The highest BCUT2D eigenvalue weighted by molar-refractivity contribution is 7.89. The molecule has 0 radical (unpaired) electrons. The molecule has 0 aliphatic carbocycles. The molecule has 0 spiro atoms. The van der Waals surface area contributed by atoms with Gasteiger partial charge in [0.15, 0.2) is 5.52 Å². The van der Waals surface area contributed by atoms with Gasteiger partial charge in [-0.2, -0.15) is 9.40 Å². The summed E-state index contributed by atoms with van der Waals surface area (Å²) >= 11 is 0. The first kappa shape index (κ1) is 30.7. The number of nitrogens with zero attached hydrogens (tertiary/aromatic N) is 7. The predicted molar refractivity (Wildman–Crippen MR) is 162 cm³/mol. The van der Waals surface area contributed by atoms with Crippen molar-refractivity contribution in [1.29, 1.82) is 0 Å². The molecule has 14 heteroatoms. The van der Waals surface area contributed by atoms with E-state index in [0.29, 0.717) is 57.9 Å². The maximum absolute atomic E-state index is 13.7. The first-order valence-electron chi connectivity index (χ1n) is 14.7. The summed E-state index contributed by atoms with van der Waals surface area (Å²) in [6.07, 6.45) is 4.45. The maximum Gasteiger partial charge on any atom is 0.279 e. The minimum atomic E-state index is -3.85. The Bertz CT molecular complexity index is 1700. The summed E-state index contributed by atoms with van der Waals surface area (Å²) in [7, 11) is -3.85. The van der Waals surface area contributed by atoms with E-state index in [9.17, 15) is 13.2 Å². The van der Waals surface area contributed by atoms with Crippen LogP contribution in [0.15, 0.2) is 46.3 Å². The lowest BCUT2D eigenvalue weighted by Crippen LogP contribution is -2.48. The molecule has 1 fully saturated rings. The van der Waals surface area contributed by atoms with Crippen LogP contribution in [-0.4, -0.2) is 99.9 Å². The van der Waals surface area contributed by atoms with E-state index in [1.807, 2.05) is 32.0 Å². The lowest BCUT2D eigenvalue weighted by atomic mass is 10.2. The predicted octanol–water partition coefficient (Wildman–Crippen LogP) is 2.32. The number of nitrogens with one attached hydrogen (secondary N) is 1. The number of likely N-dealkylation sites (N-methyl/N-ethyl adjacent to an activating group) is 1. The van der Waals surface area contributed by atoms with E-state index < -0.39 is 15.6 Å². The van der Waals surface area contributed by atoms with Crippen LogP contribution in [0.3, 0.4) is 0 Å². The van der Waals surface area contributed by atoms with Gasteiger partial charge in [-0.05, 0) is 38.1 Å². The topological polar surface area (TPSA) is 148 Å². The number of aromatic amines is 1. The summed E-state index contributed by atoms with van der Waals surface area (Å²) < 4.78 is 41.9. The molecular formula is C29H38N8O5S. The zero-order chi connectivity index (χ0) is 30.4. The van der Waals surface area contributed by atoms with Crippen LogP contribution < -0.4 is 10.3 Å². The monoisotopic (exact) mass is 610 g/mol. The normalized spacial score (nSPS) is 14.9. The van der Waals surface area contributed by atoms with Crippen molar-refractivity contribution in [2.75, 3.05) is 52.5 Å². The van der Waals surface area contributed by atoms with Gasteiger partial charge in [0.25, 0.3) is 5.56 Å². The average molecular weight is 611 g/mol. The lowest BCUT2D eigenvalue weighted by Gasteiger charge is -2.33. The molecule has 43 heavy (non-hydrogen) atoms. The Morgan fingerprint density at radius 3 is 2.53 bits per heavy atom. The molecule has 0 amide bonds. The first-order valence-corrected chi connectivity index (χ1v) is 16.1. The van der Waals surface area contributed by atoms with Crippen molar-refractivity contribution in [2.24, 2.45) is 0 Å². The maximum atomic E-state index is 13.7. The Labute approximate surface area is 250 Å². The molecule has 0 unspecified atom stereocenters. The van der Waals surface area contributed by atoms with Gasteiger partial charge in [-0.3, -0.25) is 14.5 Å². The summed E-state index contributed by atoms with van der Waals surface area (Å²) in [5.41, 5.74) is 2.06. The molecule has 0 bridgehead atoms. The lowest BCUT2D eigenvalue weighted by molar-refractivity contribution is 0.108. The number of fused-ring (bicyclic) bond motifs is 1. The van der Waals surface area contributed by atoms with E-state index in [1.54, 1.807) is 10.9 Å². The number of piperazine rings is 1. The second-order valence-electron chi connectivity index (χ2n) is 10.2. The van der Waals surface area contributed by atoms with Gasteiger partial charge < -0.3 is 19.4 Å². The fraction of sp³-hybridized carbons (Fsp3) is 0.483. The van der Waals surface area contributed by atoms with E-state index in [4.69, 9.17) is 14.5 Å². The van der Waals surface area contributed by atoms with Gasteiger partial charge in [-0.1, -0.05) is 26.3 Å². The zero-order valence-electron chi connectivity index (χ0n) is 24.8. The summed E-state index contributed by atoms with van der Waals surface area (Å²) in [5.74, 6) is 0.300. The van der Waals surface area contributed by atoms with E-state index in [-0.39, 0.29) is 34.3 Å². The summed E-state index contributed by atoms with van der Waals surface area (Å²) in [6.45, 7) is 10.4. The molecule has 5 rings (SSSR count). The van der Waals surface area contributed by atoms with Crippen LogP contribution >= 0.6 is 0 Å². The van der Waals surface area contributed by atoms with Crippen LogP contribution in [0.2, 0.25) is 0 Å². The van der Waals surface area contributed by atoms with Crippen LogP contribution in [0.4, 0.5) is 0 Å². The minimum absolute atomic E-state index is 0.00646. The van der Waals surface area contributed by atoms with Crippen LogP contribution in [0.5, 0.6) is 5.88 Å². The van der Waals surface area contributed by atoms with E-state index in [1.165, 1.54) is 16.6 Å². The Hall–Kier alpha value is -3.72. The van der Waals surface area contributed by atoms with Crippen molar-refractivity contribution >= 4 is 21.1 Å². The van der Waals surface area contributed by atoms with Crippen molar-refractivity contribution in [3.8, 4) is 17.3 Å². The van der Waals surface area contributed by atoms with Crippen LogP contribution in [-0.2, 0) is 27.7 Å². The molecule has 1 aliphatic rings. The van der Waals surface area contributed by atoms with Crippen molar-refractivity contribution in [3.63, 3.8) is 0 Å². The molecule has 0 saturated carbocycles. The molecule has 230 valence electrons. The molecule has 5 heterocycles. The van der Waals surface area contributed by atoms with Crippen molar-refractivity contribution in [3.05, 3.63) is 58.4 Å². The quantitative estimate of drug-likeness (QED) is 0.224. The number of pyridine rings is 2. The largest absolute Gasteiger partial charge is 0.475 e. The summed E-state index contributed by atoms with van der Waals surface area (Å²) in [4.78, 5) is 32.0. The molecule has 4 aromatic heterocycles. The number of aromatic nitrogens is 6. The SMILES string of the molecule is CCCc1c2nc(-c3cc(S(=O)(=O)N4CCN(CC)CC4)cnc3OCCOCC)[nH]c(=O)c2nn1Cc1ccccn1. The van der Waals surface area contributed by atoms with Gasteiger partial charge in [0, 0.05) is 39.0 Å². The molecule has 13 nitrogen and oxygen atoms in total. The number of rotatable bonds is 13. The molecule has 0 atom stereocenters. The number of hydrogen-bond donors (Lipinski definition) is 1. The van der Waals surface area contributed by atoms with Crippen LogP contribution in [0, 0.1) is 0 Å². The highest BCUT2D eigenvalue weighted by Crippen LogP contribution is 2.30. The highest BCUT2D eigenvalue weighted by Gasteiger charge is 2.30. The Morgan fingerprint density at radius 1 is 1.02 bits per heavy atom. The average Bonchev–Trinajstić information content (AvgIpc) is 3.37. The van der Waals surface area contributed by atoms with E-state index in [0.717, 1.165) is 24.4 Å². The fourth-order valence-electron chi connectivity index (χ4n) is 5.09. The molecule has 1 N–H and O–H groups in total. The first-order chi connectivity index (χ1) is 20.8. The highest BCUT2D eigenvalue weighted by atomic mass is 32.2. The number of H-pyrrole nitrogens is 1. The number of hydrogen-bond acceptors (Lipinski definition) is 10. The van der Waals surface area contributed by atoms with Crippen molar-refractivity contribution in [2.45, 2.75) is 45.1 Å². The van der Waals surface area contributed by atoms with Crippen molar-refractivity contribution < 1.29 is 17.9 Å². The Kier molecular flexibility index (Phi) is 9.80. The zero-order valence-corrected chi connectivity index (χ0v) is 25.6. The van der Waals surface area contributed by atoms with Gasteiger partial charge in [0.2, 0.25) is 15.9 Å². The third-order valence-electron chi connectivity index (χ3n) is 7.39. The van der Waals surface area contributed by atoms with Gasteiger partial charge in [-0.15, -0.1) is 0 Å². The minimum Gasteiger partial charge on any atom is -0.475 e. The standard InChI is InChI=1S/C29H38N8O5S/c1-4-9-24-25-26(34-37(24)20-21-10-7-8-11-30-21)28(38)33-27(32-25)23-18-22(19-31-29(23)42-17-16-41-6-3)43(39,40)36-14-12-35(5-2)13-15-36/h7-8,10-11,18-19H,4-6,9,12-17,20H2,1-3H3,(H,32,33,38).